The summed E-state index contributed by atoms with van der Waals surface area (Å²) >= 11 is 0. The van der Waals surface area contributed by atoms with E-state index >= 15 is 0 Å². The Bertz CT molecular complexity index is 550. The Kier molecular flexibility index (Phi) is 6.75. The number of rotatable bonds is 7. The summed E-state index contributed by atoms with van der Waals surface area (Å²) in [5.41, 5.74) is 2.11. The third-order valence-corrected chi connectivity index (χ3v) is 2.70. The summed E-state index contributed by atoms with van der Waals surface area (Å²) in [6.45, 7) is 4.42. The number of nitriles is 1. The molecule has 0 unspecified atom stereocenters. The average molecular weight is 289 g/mol. The van der Waals surface area contributed by atoms with E-state index in [-0.39, 0.29) is 31.4 Å². The molecule has 6 nitrogen and oxygen atoms in total. The Labute approximate surface area is 124 Å². The van der Waals surface area contributed by atoms with Gasteiger partial charge in [0.25, 0.3) is 5.91 Å². The smallest absolute Gasteiger partial charge is 0.258 e. The van der Waals surface area contributed by atoms with Crippen LogP contribution in [0, 0.1) is 25.2 Å². The first-order valence-corrected chi connectivity index (χ1v) is 6.63. The quantitative estimate of drug-likeness (QED) is 0.727. The number of hydrogen-bond donors (Lipinski definition) is 2. The van der Waals surface area contributed by atoms with E-state index in [1.807, 2.05) is 32.0 Å². The third-order valence-electron chi connectivity index (χ3n) is 2.70. The van der Waals surface area contributed by atoms with Crippen LogP contribution < -0.4 is 15.4 Å². The summed E-state index contributed by atoms with van der Waals surface area (Å²) in [5, 5.41) is 13.4. The van der Waals surface area contributed by atoms with Crippen LogP contribution in [0.1, 0.15) is 17.5 Å². The van der Waals surface area contributed by atoms with Crippen LogP contribution in [0.4, 0.5) is 0 Å². The number of carbonyl (C=O) groups is 2. The highest BCUT2D eigenvalue weighted by molar-refractivity contribution is 5.78. The molecule has 0 saturated carbocycles. The minimum absolute atomic E-state index is 0.0734. The van der Waals surface area contributed by atoms with Crippen molar-refractivity contribution >= 4 is 11.8 Å². The Morgan fingerprint density at radius 3 is 2.48 bits per heavy atom. The number of amides is 2. The van der Waals surface area contributed by atoms with Crippen molar-refractivity contribution in [2.24, 2.45) is 0 Å². The van der Waals surface area contributed by atoms with Crippen molar-refractivity contribution in [3.05, 3.63) is 29.3 Å². The van der Waals surface area contributed by atoms with Gasteiger partial charge in [-0.2, -0.15) is 5.26 Å². The van der Waals surface area contributed by atoms with Gasteiger partial charge in [-0.25, -0.2) is 0 Å². The first-order chi connectivity index (χ1) is 10.0. The lowest BCUT2D eigenvalue weighted by Crippen LogP contribution is -2.36. The molecule has 6 heteroatoms. The summed E-state index contributed by atoms with van der Waals surface area (Å²) in [7, 11) is 0. The number of ether oxygens (including phenoxy) is 1. The fraction of sp³-hybridized carbons (Fsp3) is 0.400. The van der Waals surface area contributed by atoms with E-state index < -0.39 is 0 Å². The van der Waals surface area contributed by atoms with Crippen molar-refractivity contribution in [1.82, 2.24) is 10.6 Å². The zero-order valence-electron chi connectivity index (χ0n) is 12.2. The predicted octanol–water partition coefficient (Wildman–Crippen LogP) is 0.828. The van der Waals surface area contributed by atoms with Crippen molar-refractivity contribution in [3.8, 4) is 11.8 Å². The van der Waals surface area contributed by atoms with E-state index in [0.29, 0.717) is 12.3 Å². The van der Waals surface area contributed by atoms with E-state index in [1.54, 1.807) is 6.07 Å². The van der Waals surface area contributed by atoms with Gasteiger partial charge in [0.2, 0.25) is 5.91 Å². The van der Waals surface area contributed by atoms with Crippen LogP contribution in [0.3, 0.4) is 0 Å². The molecule has 0 heterocycles. The lowest BCUT2D eigenvalue weighted by molar-refractivity contribution is -0.123. The van der Waals surface area contributed by atoms with E-state index in [2.05, 4.69) is 10.6 Å². The van der Waals surface area contributed by atoms with Crippen molar-refractivity contribution in [2.75, 3.05) is 19.7 Å². The van der Waals surface area contributed by atoms with Gasteiger partial charge >= 0.3 is 0 Å². The van der Waals surface area contributed by atoms with Gasteiger partial charge in [-0.05, 0) is 25.5 Å². The van der Waals surface area contributed by atoms with Crippen LogP contribution >= 0.6 is 0 Å². The van der Waals surface area contributed by atoms with Gasteiger partial charge in [0.05, 0.1) is 6.07 Å². The molecule has 2 amide bonds. The lowest BCUT2D eigenvalue weighted by Gasteiger charge is -2.10. The molecule has 0 radical (unpaired) electrons. The number of hydrogen-bond acceptors (Lipinski definition) is 4. The van der Waals surface area contributed by atoms with Gasteiger partial charge in [0.1, 0.15) is 12.2 Å². The molecular formula is C15H19N3O3. The van der Waals surface area contributed by atoms with Crippen LogP contribution in [0.15, 0.2) is 18.2 Å². The normalized spacial score (nSPS) is 9.57. The molecule has 0 bridgehead atoms. The van der Waals surface area contributed by atoms with E-state index in [4.69, 9.17) is 10.00 Å². The Morgan fingerprint density at radius 2 is 1.86 bits per heavy atom. The maximum absolute atomic E-state index is 11.6. The molecule has 0 saturated heterocycles. The van der Waals surface area contributed by atoms with Crippen molar-refractivity contribution < 1.29 is 14.3 Å². The van der Waals surface area contributed by atoms with Crippen molar-refractivity contribution in [3.63, 3.8) is 0 Å². The molecule has 1 rings (SSSR count). The average Bonchev–Trinajstić information content (AvgIpc) is 2.43. The molecule has 0 aliphatic heterocycles. The second-order valence-corrected chi connectivity index (χ2v) is 4.59. The topological polar surface area (TPSA) is 91.2 Å². The van der Waals surface area contributed by atoms with Crippen LogP contribution in [0.2, 0.25) is 0 Å². The molecule has 0 aromatic heterocycles. The molecule has 0 aliphatic carbocycles. The minimum atomic E-state index is -0.349. The van der Waals surface area contributed by atoms with Gasteiger partial charge in [-0.3, -0.25) is 9.59 Å². The number of aryl methyl sites for hydroxylation is 2. The van der Waals surface area contributed by atoms with Crippen LogP contribution in [-0.2, 0) is 9.59 Å². The van der Waals surface area contributed by atoms with E-state index in [9.17, 15) is 9.59 Å². The first kappa shape index (κ1) is 16.5. The Balaban J connectivity index is 2.22. The van der Waals surface area contributed by atoms with E-state index in [0.717, 1.165) is 11.1 Å². The van der Waals surface area contributed by atoms with Gasteiger partial charge < -0.3 is 15.4 Å². The highest BCUT2D eigenvalue weighted by atomic mass is 16.5. The highest BCUT2D eigenvalue weighted by Gasteiger charge is 2.05. The summed E-state index contributed by atoms with van der Waals surface area (Å²) in [5.74, 6) is 0.0702. The lowest BCUT2D eigenvalue weighted by atomic mass is 10.1. The fourth-order valence-corrected chi connectivity index (χ4v) is 1.69. The maximum Gasteiger partial charge on any atom is 0.258 e. The van der Waals surface area contributed by atoms with Gasteiger partial charge in [-0.1, -0.05) is 17.7 Å². The minimum Gasteiger partial charge on any atom is -0.484 e. The second kappa shape index (κ2) is 8.59. The molecule has 0 fully saturated rings. The Morgan fingerprint density at radius 1 is 1.19 bits per heavy atom. The first-order valence-electron chi connectivity index (χ1n) is 6.63. The predicted molar refractivity (Wildman–Crippen MR) is 77.7 cm³/mol. The third kappa shape index (κ3) is 6.43. The summed E-state index contributed by atoms with van der Waals surface area (Å²) < 4.78 is 5.43. The zero-order valence-corrected chi connectivity index (χ0v) is 12.2. The zero-order chi connectivity index (χ0) is 15.7. The van der Waals surface area contributed by atoms with Gasteiger partial charge in [-0.15, -0.1) is 0 Å². The van der Waals surface area contributed by atoms with Crippen molar-refractivity contribution in [2.45, 2.75) is 20.3 Å². The molecule has 112 valence electrons. The van der Waals surface area contributed by atoms with Crippen LogP contribution in [-0.4, -0.2) is 31.5 Å². The highest BCUT2D eigenvalue weighted by Crippen LogP contribution is 2.18. The van der Waals surface area contributed by atoms with Crippen LogP contribution in [0.5, 0.6) is 5.75 Å². The molecule has 0 spiro atoms. The van der Waals surface area contributed by atoms with Crippen molar-refractivity contribution in [1.29, 1.82) is 5.26 Å². The number of carbonyl (C=O) groups excluding carboxylic acids is 2. The Hall–Kier alpha value is -2.55. The molecule has 1 aromatic carbocycles. The maximum atomic E-state index is 11.6. The molecular weight excluding hydrogens is 270 g/mol. The largest absolute Gasteiger partial charge is 0.484 e. The number of benzene rings is 1. The fourth-order valence-electron chi connectivity index (χ4n) is 1.69. The summed E-state index contributed by atoms with van der Waals surface area (Å²) in [6, 6.07) is 7.48. The number of nitrogens with one attached hydrogen (secondary N) is 2. The summed E-state index contributed by atoms with van der Waals surface area (Å²) in [6.07, 6.45) is -0.177. The van der Waals surface area contributed by atoms with Gasteiger partial charge in [0.15, 0.2) is 6.61 Å². The van der Waals surface area contributed by atoms with Gasteiger partial charge in [0, 0.05) is 13.1 Å². The SMILES string of the molecule is Cc1ccc(OCC(=O)NCCNC(=O)CC#N)c(C)c1. The standard InChI is InChI=1S/C15H19N3O3/c1-11-3-4-13(12(2)9-11)21-10-15(20)18-8-7-17-14(19)5-6-16/h3-4,9H,5,7-8,10H2,1-2H3,(H,17,19)(H,18,20). The molecule has 0 atom stereocenters. The monoisotopic (exact) mass is 289 g/mol. The van der Waals surface area contributed by atoms with E-state index in [1.165, 1.54) is 0 Å². The summed E-state index contributed by atoms with van der Waals surface area (Å²) in [4.78, 5) is 22.6. The molecule has 21 heavy (non-hydrogen) atoms. The van der Waals surface area contributed by atoms with Crippen LogP contribution in [0.25, 0.3) is 0 Å². The number of nitrogens with zero attached hydrogens (tertiary/aromatic N) is 1. The second-order valence-electron chi connectivity index (χ2n) is 4.59. The molecule has 0 aliphatic rings. The molecule has 2 N–H and O–H groups in total. The molecule has 1 aromatic rings.